The Labute approximate surface area is 295 Å². The van der Waals surface area contributed by atoms with Crippen LogP contribution in [0.25, 0.3) is 83.4 Å². The molecule has 0 fully saturated rings. The highest BCUT2D eigenvalue weighted by Gasteiger charge is 2.25. The van der Waals surface area contributed by atoms with Crippen LogP contribution in [0.5, 0.6) is 0 Å². The number of aromatic nitrogens is 3. The summed E-state index contributed by atoms with van der Waals surface area (Å²) >= 11 is 0. The molecule has 1 aliphatic rings. The summed E-state index contributed by atoms with van der Waals surface area (Å²) in [5, 5.41) is 5.87. The van der Waals surface area contributed by atoms with Crippen molar-refractivity contribution < 1.29 is 4.42 Å². The fraction of sp³-hybridized carbons (Fsp3) is 0.0426. The molecular formula is C47H31N3O. The third-order valence-corrected chi connectivity index (χ3v) is 9.99. The predicted octanol–water partition coefficient (Wildman–Crippen LogP) is 12.0. The van der Waals surface area contributed by atoms with E-state index in [0.717, 1.165) is 57.0 Å². The Hall–Kier alpha value is -6.65. The number of rotatable bonds is 5. The lowest BCUT2D eigenvalue weighted by Crippen LogP contribution is -2.02. The van der Waals surface area contributed by atoms with Crippen molar-refractivity contribution in [2.24, 2.45) is 0 Å². The molecule has 0 spiro atoms. The standard InChI is InChI=1S/C47H31N3O/c1-3-13-31(14-4-1)45-48-46(32-15-5-2-6-16-32)50-47(49-45)40-26-25-38(36-18-9-10-19-37(36)40)39-20-11-21-43-44(39)41-29-35(24-27-42(41)51-43)34-23-22-30-12-7-8-17-33(30)28-34/h1-10,12-20,22-29H,11,21H2. The monoisotopic (exact) mass is 653 g/mol. The molecule has 4 nitrogen and oxygen atoms in total. The van der Waals surface area contributed by atoms with Crippen molar-refractivity contribution in [3.8, 4) is 45.3 Å². The van der Waals surface area contributed by atoms with Crippen molar-refractivity contribution in [2.45, 2.75) is 12.8 Å². The number of nitrogens with zero attached hydrogens (tertiary/aromatic N) is 3. The van der Waals surface area contributed by atoms with Gasteiger partial charge in [-0.15, -0.1) is 0 Å². The van der Waals surface area contributed by atoms with Gasteiger partial charge >= 0.3 is 0 Å². The van der Waals surface area contributed by atoms with Crippen molar-refractivity contribution >= 4 is 38.1 Å². The van der Waals surface area contributed by atoms with Gasteiger partial charge in [-0.2, -0.15) is 0 Å². The second-order valence-corrected chi connectivity index (χ2v) is 13.1. The molecule has 2 aromatic heterocycles. The summed E-state index contributed by atoms with van der Waals surface area (Å²) < 4.78 is 6.55. The van der Waals surface area contributed by atoms with Crippen LogP contribution in [0, 0.1) is 0 Å². The Morgan fingerprint density at radius 3 is 1.76 bits per heavy atom. The number of furan rings is 1. The van der Waals surface area contributed by atoms with Gasteiger partial charge in [0.2, 0.25) is 0 Å². The largest absolute Gasteiger partial charge is 0.460 e. The first-order valence-corrected chi connectivity index (χ1v) is 17.4. The minimum Gasteiger partial charge on any atom is -0.460 e. The summed E-state index contributed by atoms with van der Waals surface area (Å²) in [6, 6.07) is 55.1. The van der Waals surface area contributed by atoms with E-state index in [1.807, 2.05) is 60.7 Å². The van der Waals surface area contributed by atoms with Gasteiger partial charge in [-0.05, 0) is 74.5 Å². The average molecular weight is 654 g/mol. The Morgan fingerprint density at radius 2 is 1.02 bits per heavy atom. The van der Waals surface area contributed by atoms with E-state index in [-0.39, 0.29) is 0 Å². The van der Waals surface area contributed by atoms with Crippen LogP contribution in [-0.4, -0.2) is 15.0 Å². The quantitative estimate of drug-likeness (QED) is 0.185. The molecule has 0 unspecified atom stereocenters. The Kier molecular flexibility index (Phi) is 6.91. The highest BCUT2D eigenvalue weighted by molar-refractivity contribution is 6.08. The first kappa shape index (κ1) is 29.3. The second kappa shape index (κ2) is 12.0. The van der Waals surface area contributed by atoms with Crippen LogP contribution in [0.3, 0.4) is 0 Å². The topological polar surface area (TPSA) is 51.8 Å². The van der Waals surface area contributed by atoms with Crippen molar-refractivity contribution in [3.63, 3.8) is 0 Å². The molecule has 0 bridgehead atoms. The zero-order chi connectivity index (χ0) is 33.7. The molecule has 2 heterocycles. The number of allylic oxidation sites excluding steroid dienone is 1. The van der Waals surface area contributed by atoms with Gasteiger partial charge in [0.05, 0.1) is 0 Å². The normalized spacial score (nSPS) is 12.7. The molecule has 51 heavy (non-hydrogen) atoms. The van der Waals surface area contributed by atoms with Gasteiger partial charge in [0.25, 0.3) is 0 Å². The number of hydrogen-bond donors (Lipinski definition) is 0. The molecule has 0 saturated carbocycles. The highest BCUT2D eigenvalue weighted by atomic mass is 16.3. The fourth-order valence-corrected chi connectivity index (χ4v) is 7.52. The van der Waals surface area contributed by atoms with E-state index in [2.05, 4.69) is 103 Å². The molecule has 240 valence electrons. The first-order valence-electron chi connectivity index (χ1n) is 17.4. The van der Waals surface area contributed by atoms with E-state index in [9.17, 15) is 0 Å². The van der Waals surface area contributed by atoms with Crippen LogP contribution in [0.2, 0.25) is 0 Å². The lowest BCUT2D eigenvalue weighted by atomic mass is 9.85. The summed E-state index contributed by atoms with van der Waals surface area (Å²) in [6.45, 7) is 0. The summed E-state index contributed by atoms with van der Waals surface area (Å²) in [5.74, 6) is 3.00. The van der Waals surface area contributed by atoms with Crippen LogP contribution >= 0.6 is 0 Å². The van der Waals surface area contributed by atoms with Gasteiger partial charge in [0.15, 0.2) is 17.5 Å². The number of fused-ring (bicyclic) bond motifs is 5. The smallest absolute Gasteiger partial charge is 0.164 e. The van der Waals surface area contributed by atoms with E-state index < -0.39 is 0 Å². The average Bonchev–Trinajstić information content (AvgIpc) is 3.59. The Morgan fingerprint density at radius 1 is 0.431 bits per heavy atom. The minimum atomic E-state index is 0.651. The molecule has 4 heteroatoms. The Balaban J connectivity index is 1.12. The van der Waals surface area contributed by atoms with E-state index in [4.69, 9.17) is 19.4 Å². The lowest BCUT2D eigenvalue weighted by Gasteiger charge is -2.18. The second-order valence-electron chi connectivity index (χ2n) is 13.1. The van der Waals surface area contributed by atoms with Crippen molar-refractivity contribution in [1.29, 1.82) is 0 Å². The summed E-state index contributed by atoms with van der Waals surface area (Å²) in [7, 11) is 0. The maximum absolute atomic E-state index is 6.55. The van der Waals surface area contributed by atoms with Gasteiger partial charge in [0, 0.05) is 34.1 Å². The van der Waals surface area contributed by atoms with Gasteiger partial charge in [0.1, 0.15) is 11.3 Å². The van der Waals surface area contributed by atoms with E-state index >= 15 is 0 Å². The molecule has 0 amide bonds. The third-order valence-electron chi connectivity index (χ3n) is 9.99. The predicted molar refractivity (Wildman–Crippen MR) is 208 cm³/mol. The maximum Gasteiger partial charge on any atom is 0.164 e. The van der Waals surface area contributed by atoms with Gasteiger partial charge < -0.3 is 4.42 Å². The van der Waals surface area contributed by atoms with Crippen LogP contribution in [-0.2, 0) is 6.42 Å². The number of benzene rings is 7. The summed E-state index contributed by atoms with van der Waals surface area (Å²) in [5.41, 5.74) is 9.75. The van der Waals surface area contributed by atoms with Gasteiger partial charge in [-0.3, -0.25) is 0 Å². The molecule has 10 rings (SSSR count). The van der Waals surface area contributed by atoms with E-state index in [1.165, 1.54) is 38.6 Å². The molecule has 0 saturated heterocycles. The van der Waals surface area contributed by atoms with Crippen LogP contribution in [0.15, 0.2) is 168 Å². The lowest BCUT2D eigenvalue weighted by molar-refractivity contribution is 0.545. The first-order chi connectivity index (χ1) is 25.3. The van der Waals surface area contributed by atoms with Crippen LogP contribution < -0.4 is 0 Å². The molecular weight excluding hydrogens is 623 g/mol. The maximum atomic E-state index is 6.55. The molecule has 0 atom stereocenters. The molecule has 0 N–H and O–H groups in total. The molecule has 0 aliphatic heterocycles. The van der Waals surface area contributed by atoms with E-state index in [1.54, 1.807) is 0 Å². The van der Waals surface area contributed by atoms with E-state index in [0.29, 0.717) is 17.5 Å². The zero-order valence-electron chi connectivity index (χ0n) is 27.8. The fourth-order valence-electron chi connectivity index (χ4n) is 7.52. The van der Waals surface area contributed by atoms with Crippen LogP contribution in [0.1, 0.15) is 23.3 Å². The molecule has 7 aromatic carbocycles. The molecule has 9 aromatic rings. The molecule has 1 aliphatic carbocycles. The Bertz CT molecular complexity index is 2740. The summed E-state index contributed by atoms with van der Waals surface area (Å²) in [6.07, 6.45) is 4.18. The minimum absolute atomic E-state index is 0.651. The number of hydrogen-bond acceptors (Lipinski definition) is 4. The van der Waals surface area contributed by atoms with Crippen molar-refractivity contribution in [3.05, 3.63) is 181 Å². The zero-order valence-corrected chi connectivity index (χ0v) is 27.8. The molecule has 0 radical (unpaired) electrons. The SMILES string of the molecule is C1=C(c2ccc(-c3nc(-c4ccccc4)nc(-c4ccccc4)n3)c3ccccc23)c2c(oc3ccc(-c4ccc5ccccc5c4)cc23)CC1. The van der Waals surface area contributed by atoms with Crippen LogP contribution in [0.4, 0.5) is 0 Å². The van der Waals surface area contributed by atoms with Gasteiger partial charge in [-0.1, -0.05) is 140 Å². The number of aryl methyl sites for hydroxylation is 1. The van der Waals surface area contributed by atoms with Crippen molar-refractivity contribution in [2.75, 3.05) is 0 Å². The van der Waals surface area contributed by atoms with Gasteiger partial charge in [-0.25, -0.2) is 15.0 Å². The summed E-state index contributed by atoms with van der Waals surface area (Å²) in [4.78, 5) is 15.1. The highest BCUT2D eigenvalue weighted by Crippen LogP contribution is 2.43. The third kappa shape index (κ3) is 5.12. The van der Waals surface area contributed by atoms with Crippen molar-refractivity contribution in [1.82, 2.24) is 15.0 Å².